The Bertz CT molecular complexity index is 498. The quantitative estimate of drug-likeness (QED) is 0.689. The number of ether oxygens (including phenoxy) is 2. The average Bonchev–Trinajstić information content (AvgIpc) is 2.60. The summed E-state index contributed by atoms with van der Waals surface area (Å²) in [5.74, 6) is -1.08. The van der Waals surface area contributed by atoms with Crippen molar-refractivity contribution in [1.29, 1.82) is 0 Å². The highest BCUT2D eigenvalue weighted by atomic mass is 16.5. The first-order chi connectivity index (χ1) is 9.36. The summed E-state index contributed by atoms with van der Waals surface area (Å²) in [7, 11) is 3.12. The SMILES string of the molecule is COCC(C)NC(=O)COC(=O)c1c(N)c(C)nn1C. The lowest BCUT2D eigenvalue weighted by Gasteiger charge is -2.12. The van der Waals surface area contributed by atoms with Gasteiger partial charge in [0.2, 0.25) is 0 Å². The third kappa shape index (κ3) is 3.95. The van der Waals surface area contributed by atoms with Crippen LogP contribution in [0.15, 0.2) is 0 Å². The van der Waals surface area contributed by atoms with Crippen molar-refractivity contribution in [2.24, 2.45) is 7.05 Å². The highest BCUT2D eigenvalue weighted by Crippen LogP contribution is 2.15. The fraction of sp³-hybridized carbons (Fsp3) is 0.583. The molecule has 1 aromatic rings. The summed E-state index contributed by atoms with van der Waals surface area (Å²) in [4.78, 5) is 23.4. The van der Waals surface area contributed by atoms with Crippen molar-refractivity contribution in [1.82, 2.24) is 15.1 Å². The van der Waals surface area contributed by atoms with Gasteiger partial charge in [0.25, 0.3) is 5.91 Å². The highest BCUT2D eigenvalue weighted by molar-refractivity contribution is 5.95. The van der Waals surface area contributed by atoms with Crippen molar-refractivity contribution < 1.29 is 19.1 Å². The molecule has 8 nitrogen and oxygen atoms in total. The lowest BCUT2D eigenvalue weighted by Crippen LogP contribution is -2.38. The van der Waals surface area contributed by atoms with Crippen molar-refractivity contribution in [3.8, 4) is 0 Å². The number of esters is 1. The molecule has 1 atom stereocenters. The molecule has 0 aliphatic carbocycles. The molecule has 0 radical (unpaired) electrons. The van der Waals surface area contributed by atoms with E-state index >= 15 is 0 Å². The summed E-state index contributed by atoms with van der Waals surface area (Å²) in [5.41, 5.74) is 6.66. The number of carbonyl (C=O) groups excluding carboxylic acids is 2. The Balaban J connectivity index is 2.53. The van der Waals surface area contributed by atoms with Crippen molar-refractivity contribution >= 4 is 17.6 Å². The Hall–Kier alpha value is -2.09. The molecule has 3 N–H and O–H groups in total. The monoisotopic (exact) mass is 284 g/mol. The molecular formula is C12H20N4O4. The first-order valence-corrected chi connectivity index (χ1v) is 6.11. The Morgan fingerprint density at radius 3 is 2.65 bits per heavy atom. The van der Waals surface area contributed by atoms with Crippen LogP contribution in [0.25, 0.3) is 0 Å². The molecule has 1 aromatic heterocycles. The van der Waals surface area contributed by atoms with Crippen molar-refractivity contribution in [2.45, 2.75) is 19.9 Å². The molecule has 0 bridgehead atoms. The van der Waals surface area contributed by atoms with E-state index in [0.717, 1.165) is 0 Å². The van der Waals surface area contributed by atoms with Crippen LogP contribution in [0.1, 0.15) is 23.1 Å². The zero-order valence-electron chi connectivity index (χ0n) is 12.1. The van der Waals surface area contributed by atoms with Gasteiger partial charge in [0.1, 0.15) is 0 Å². The van der Waals surface area contributed by atoms with Crippen LogP contribution >= 0.6 is 0 Å². The molecule has 1 unspecified atom stereocenters. The van der Waals surface area contributed by atoms with Crippen LogP contribution < -0.4 is 11.1 Å². The van der Waals surface area contributed by atoms with Crippen LogP contribution in [0.2, 0.25) is 0 Å². The van der Waals surface area contributed by atoms with E-state index in [1.165, 1.54) is 11.8 Å². The van der Waals surface area contributed by atoms with Gasteiger partial charge >= 0.3 is 5.97 Å². The number of carbonyl (C=O) groups is 2. The second-order valence-electron chi connectivity index (χ2n) is 4.47. The minimum atomic E-state index is -0.680. The topological polar surface area (TPSA) is 108 Å². The fourth-order valence-electron chi connectivity index (χ4n) is 1.72. The van der Waals surface area contributed by atoms with Gasteiger partial charge in [-0.25, -0.2) is 4.79 Å². The minimum Gasteiger partial charge on any atom is -0.451 e. The number of hydrogen-bond donors (Lipinski definition) is 2. The number of aromatic nitrogens is 2. The summed E-state index contributed by atoms with van der Waals surface area (Å²) in [6, 6.07) is -0.157. The van der Waals surface area contributed by atoms with Crippen molar-refractivity contribution in [3.05, 3.63) is 11.4 Å². The maximum Gasteiger partial charge on any atom is 0.359 e. The molecule has 0 spiro atoms. The third-order valence-corrected chi connectivity index (χ3v) is 2.62. The lowest BCUT2D eigenvalue weighted by molar-refractivity contribution is -0.125. The molecule has 1 amide bonds. The van der Waals surface area contributed by atoms with E-state index in [2.05, 4.69) is 10.4 Å². The number of aryl methyl sites for hydroxylation is 2. The second kappa shape index (κ2) is 6.90. The van der Waals surface area contributed by atoms with Crippen LogP contribution in [-0.2, 0) is 21.3 Å². The number of nitrogens with zero attached hydrogens (tertiary/aromatic N) is 2. The summed E-state index contributed by atoms with van der Waals surface area (Å²) in [5, 5.41) is 6.63. The molecule has 0 aliphatic rings. The van der Waals surface area contributed by atoms with Gasteiger partial charge in [-0.05, 0) is 13.8 Å². The first kappa shape index (κ1) is 16.0. The van der Waals surface area contributed by atoms with E-state index in [-0.39, 0.29) is 24.0 Å². The molecule has 1 heterocycles. The molecule has 0 saturated heterocycles. The van der Waals surface area contributed by atoms with Gasteiger partial charge in [0.15, 0.2) is 12.3 Å². The van der Waals surface area contributed by atoms with E-state index in [1.807, 2.05) is 0 Å². The molecule has 0 fully saturated rings. The number of anilines is 1. The van der Waals surface area contributed by atoms with E-state index in [0.29, 0.717) is 12.3 Å². The zero-order valence-corrected chi connectivity index (χ0v) is 12.1. The summed E-state index contributed by atoms with van der Waals surface area (Å²) >= 11 is 0. The lowest BCUT2D eigenvalue weighted by atomic mass is 10.3. The molecule has 112 valence electrons. The average molecular weight is 284 g/mol. The van der Waals surface area contributed by atoms with E-state index < -0.39 is 11.9 Å². The maximum absolute atomic E-state index is 11.8. The van der Waals surface area contributed by atoms with Gasteiger partial charge < -0.3 is 20.5 Å². The van der Waals surface area contributed by atoms with Gasteiger partial charge in [-0.2, -0.15) is 5.10 Å². The normalized spacial score (nSPS) is 12.0. The van der Waals surface area contributed by atoms with Crippen LogP contribution in [-0.4, -0.2) is 48.0 Å². The van der Waals surface area contributed by atoms with Crippen LogP contribution in [0.5, 0.6) is 0 Å². The summed E-state index contributed by atoms with van der Waals surface area (Å²) in [6.07, 6.45) is 0. The molecular weight excluding hydrogens is 264 g/mol. The first-order valence-electron chi connectivity index (χ1n) is 6.11. The predicted octanol–water partition coefficient (Wildman–Crippen LogP) is -0.381. The fourth-order valence-corrected chi connectivity index (χ4v) is 1.72. The zero-order chi connectivity index (χ0) is 15.3. The van der Waals surface area contributed by atoms with E-state index in [1.54, 1.807) is 20.9 Å². The smallest absolute Gasteiger partial charge is 0.359 e. The highest BCUT2D eigenvalue weighted by Gasteiger charge is 2.20. The molecule has 8 heteroatoms. The maximum atomic E-state index is 11.8. The minimum absolute atomic E-state index is 0.139. The number of amides is 1. The number of nitrogens with two attached hydrogens (primary N) is 1. The number of nitrogens with one attached hydrogen (secondary N) is 1. The number of nitrogen functional groups attached to an aromatic ring is 1. The van der Waals surface area contributed by atoms with Gasteiger partial charge in [0, 0.05) is 20.2 Å². The number of rotatable bonds is 6. The Morgan fingerprint density at radius 2 is 2.15 bits per heavy atom. The summed E-state index contributed by atoms with van der Waals surface area (Å²) < 4.78 is 11.1. The Kier molecular flexibility index (Phi) is 5.51. The van der Waals surface area contributed by atoms with Crippen molar-refractivity contribution in [3.63, 3.8) is 0 Å². The van der Waals surface area contributed by atoms with Crippen LogP contribution in [0, 0.1) is 6.92 Å². The van der Waals surface area contributed by atoms with Crippen molar-refractivity contribution in [2.75, 3.05) is 26.1 Å². The van der Waals surface area contributed by atoms with Gasteiger partial charge in [-0.3, -0.25) is 9.48 Å². The Labute approximate surface area is 117 Å². The molecule has 0 aliphatic heterocycles. The van der Waals surface area contributed by atoms with E-state index in [4.69, 9.17) is 15.2 Å². The third-order valence-electron chi connectivity index (χ3n) is 2.62. The molecule has 20 heavy (non-hydrogen) atoms. The van der Waals surface area contributed by atoms with Gasteiger partial charge in [0.05, 0.1) is 18.0 Å². The standard InChI is InChI=1S/C12H20N4O4/c1-7(5-19-4)14-9(17)6-20-12(18)11-10(13)8(2)15-16(11)3/h7H,5-6,13H2,1-4H3,(H,14,17). The van der Waals surface area contributed by atoms with Crippen LogP contribution in [0.3, 0.4) is 0 Å². The number of methoxy groups -OCH3 is 1. The largest absolute Gasteiger partial charge is 0.451 e. The Morgan fingerprint density at radius 1 is 1.50 bits per heavy atom. The molecule has 0 saturated carbocycles. The number of hydrogen-bond acceptors (Lipinski definition) is 6. The molecule has 1 rings (SSSR count). The van der Waals surface area contributed by atoms with E-state index in [9.17, 15) is 9.59 Å². The van der Waals surface area contributed by atoms with Gasteiger partial charge in [-0.1, -0.05) is 0 Å². The molecule has 0 aromatic carbocycles. The second-order valence-corrected chi connectivity index (χ2v) is 4.47. The van der Waals surface area contributed by atoms with Gasteiger partial charge in [-0.15, -0.1) is 0 Å². The van der Waals surface area contributed by atoms with Crippen LogP contribution in [0.4, 0.5) is 5.69 Å². The predicted molar refractivity (Wildman–Crippen MR) is 72.1 cm³/mol. The summed E-state index contributed by atoms with van der Waals surface area (Å²) in [6.45, 7) is 3.47.